The van der Waals surface area contributed by atoms with E-state index in [4.69, 9.17) is 9.31 Å². The first-order chi connectivity index (χ1) is 21.6. The lowest BCUT2D eigenvalue weighted by Crippen LogP contribution is -2.70. The summed E-state index contributed by atoms with van der Waals surface area (Å²) in [5, 5.41) is 6.34. The zero-order chi connectivity index (χ0) is 31.6. The first-order valence-corrected chi connectivity index (χ1v) is 16.5. The van der Waals surface area contributed by atoms with Crippen molar-refractivity contribution in [2.45, 2.75) is 89.0 Å². The van der Waals surface area contributed by atoms with Crippen LogP contribution >= 0.6 is 0 Å². The van der Waals surface area contributed by atoms with E-state index in [1.165, 1.54) is 6.42 Å². The molecule has 7 rings (SSSR count). The lowest BCUT2D eigenvalue weighted by atomic mass is 9.43. The minimum Gasteiger partial charge on any atom is -0.405 e. The van der Waals surface area contributed by atoms with Gasteiger partial charge < -0.3 is 25.7 Å². The van der Waals surface area contributed by atoms with Gasteiger partial charge in [0.05, 0.1) is 11.7 Å². The fourth-order valence-electron chi connectivity index (χ4n) is 8.02. The SMILES string of the molecule is CC1(C)C2CC3OB(C[C@@H](Cc4ccccc4)NC(=O)[C@H](Cc4ccccc4)NC(=O)[C@@H]([NH3+])Cc4ccccc4)O[C@]3(C)C1C2. The molecule has 3 unspecified atom stereocenters. The molecule has 4 aliphatic rings. The summed E-state index contributed by atoms with van der Waals surface area (Å²) in [6.45, 7) is 6.94. The highest BCUT2D eigenvalue weighted by Crippen LogP contribution is 2.65. The number of quaternary nitrogens is 1. The molecule has 3 aliphatic carbocycles. The zero-order valence-electron chi connectivity index (χ0n) is 26.8. The van der Waals surface area contributed by atoms with Gasteiger partial charge in [-0.15, -0.1) is 0 Å². The molecule has 4 fully saturated rings. The summed E-state index contributed by atoms with van der Waals surface area (Å²) in [5.41, 5.74) is 7.20. The molecule has 236 valence electrons. The first-order valence-electron chi connectivity index (χ1n) is 16.5. The third kappa shape index (κ3) is 6.88. The minimum absolute atomic E-state index is 0.0797. The van der Waals surface area contributed by atoms with E-state index in [9.17, 15) is 9.59 Å². The largest absolute Gasteiger partial charge is 0.459 e. The number of nitrogens with one attached hydrogen (secondary N) is 2. The Kier molecular flexibility index (Phi) is 9.18. The molecule has 3 saturated carbocycles. The quantitative estimate of drug-likeness (QED) is 0.270. The van der Waals surface area contributed by atoms with Crippen LogP contribution in [0.15, 0.2) is 91.0 Å². The highest BCUT2D eigenvalue weighted by Gasteiger charge is 2.67. The van der Waals surface area contributed by atoms with E-state index < -0.39 is 19.2 Å². The first kappa shape index (κ1) is 31.5. The van der Waals surface area contributed by atoms with Crippen LogP contribution in [0.1, 0.15) is 50.3 Å². The minimum atomic E-state index is -0.753. The van der Waals surface area contributed by atoms with Crippen LogP contribution < -0.4 is 16.4 Å². The van der Waals surface area contributed by atoms with Gasteiger partial charge in [0.25, 0.3) is 5.91 Å². The molecule has 7 nitrogen and oxygen atoms in total. The Balaban J connectivity index is 1.17. The maximum Gasteiger partial charge on any atom is 0.459 e. The van der Waals surface area contributed by atoms with Crippen LogP contribution in [-0.4, -0.2) is 48.8 Å². The average molecular weight is 609 g/mol. The van der Waals surface area contributed by atoms with Gasteiger partial charge in [0.1, 0.15) is 6.04 Å². The maximum atomic E-state index is 14.1. The van der Waals surface area contributed by atoms with Crippen LogP contribution in [-0.2, 0) is 38.2 Å². The number of rotatable bonds is 12. The van der Waals surface area contributed by atoms with Crippen molar-refractivity contribution in [3.63, 3.8) is 0 Å². The topological polar surface area (TPSA) is 104 Å². The van der Waals surface area contributed by atoms with E-state index in [0.29, 0.717) is 37.4 Å². The smallest absolute Gasteiger partial charge is 0.405 e. The second-order valence-corrected chi connectivity index (χ2v) is 14.2. The molecule has 1 aliphatic heterocycles. The summed E-state index contributed by atoms with van der Waals surface area (Å²) >= 11 is 0. The van der Waals surface area contributed by atoms with Gasteiger partial charge in [-0.3, -0.25) is 9.59 Å². The number of hydrogen-bond donors (Lipinski definition) is 3. The van der Waals surface area contributed by atoms with Crippen LogP contribution in [0, 0.1) is 17.3 Å². The third-order valence-electron chi connectivity index (χ3n) is 10.8. The molecule has 0 spiro atoms. The van der Waals surface area contributed by atoms with Crippen molar-refractivity contribution in [3.05, 3.63) is 108 Å². The molecule has 8 heteroatoms. The molecule has 0 radical (unpaired) electrons. The predicted octanol–water partition coefficient (Wildman–Crippen LogP) is 4.02. The number of hydrogen-bond acceptors (Lipinski definition) is 4. The normalized spacial score (nSPS) is 26.6. The van der Waals surface area contributed by atoms with Crippen molar-refractivity contribution in [2.24, 2.45) is 17.3 Å². The molecule has 45 heavy (non-hydrogen) atoms. The van der Waals surface area contributed by atoms with Crippen molar-refractivity contribution >= 4 is 18.9 Å². The van der Waals surface area contributed by atoms with Gasteiger partial charge >= 0.3 is 7.12 Å². The number of amides is 2. The van der Waals surface area contributed by atoms with Gasteiger partial charge in [-0.2, -0.15) is 0 Å². The van der Waals surface area contributed by atoms with Gasteiger partial charge in [0.2, 0.25) is 5.91 Å². The molecule has 1 saturated heterocycles. The Morgan fingerprint density at radius 3 is 1.93 bits per heavy atom. The van der Waals surface area contributed by atoms with Crippen LogP contribution in [0.3, 0.4) is 0 Å². The Hall–Kier alpha value is -3.46. The lowest BCUT2D eigenvalue weighted by Gasteiger charge is -2.64. The summed E-state index contributed by atoms with van der Waals surface area (Å²) in [5.74, 6) is 0.683. The van der Waals surface area contributed by atoms with Crippen LogP contribution in [0.2, 0.25) is 6.32 Å². The summed E-state index contributed by atoms with van der Waals surface area (Å²) in [6, 6.07) is 28.3. The van der Waals surface area contributed by atoms with Gasteiger partial charge in [-0.1, -0.05) is 105 Å². The second kappa shape index (κ2) is 13.1. The third-order valence-corrected chi connectivity index (χ3v) is 10.8. The molecule has 2 amide bonds. The zero-order valence-corrected chi connectivity index (χ0v) is 26.8. The summed E-state index contributed by atoms with van der Waals surface area (Å²) in [6.07, 6.45) is 4.33. The Morgan fingerprint density at radius 2 is 1.36 bits per heavy atom. The van der Waals surface area contributed by atoms with Crippen molar-refractivity contribution in [3.8, 4) is 0 Å². The van der Waals surface area contributed by atoms with Gasteiger partial charge in [0, 0.05) is 25.2 Å². The molecule has 5 N–H and O–H groups in total. The Labute approximate surface area is 267 Å². The lowest BCUT2D eigenvalue weighted by molar-refractivity contribution is -0.403. The summed E-state index contributed by atoms with van der Waals surface area (Å²) in [7, 11) is -0.401. The Morgan fingerprint density at radius 1 is 0.800 bits per heavy atom. The van der Waals surface area contributed by atoms with E-state index in [0.717, 1.165) is 23.1 Å². The van der Waals surface area contributed by atoms with Crippen molar-refractivity contribution in [2.75, 3.05) is 0 Å². The Bertz CT molecular complexity index is 1460. The monoisotopic (exact) mass is 608 g/mol. The molecular weight excluding hydrogens is 561 g/mol. The molecule has 3 aromatic rings. The number of benzene rings is 3. The number of carbonyl (C=O) groups excluding carboxylic acids is 2. The predicted molar refractivity (Wildman–Crippen MR) is 176 cm³/mol. The average Bonchev–Trinajstić information content (AvgIpc) is 3.37. The van der Waals surface area contributed by atoms with Crippen molar-refractivity contribution in [1.29, 1.82) is 0 Å². The molecule has 3 aromatic carbocycles. The van der Waals surface area contributed by atoms with E-state index in [-0.39, 0.29) is 35.0 Å². The summed E-state index contributed by atoms with van der Waals surface area (Å²) < 4.78 is 13.3. The van der Waals surface area contributed by atoms with Gasteiger partial charge in [-0.05, 0) is 60.1 Å². The highest BCUT2D eigenvalue weighted by molar-refractivity contribution is 6.45. The molecule has 2 bridgehead atoms. The van der Waals surface area contributed by atoms with Crippen LogP contribution in [0.4, 0.5) is 0 Å². The van der Waals surface area contributed by atoms with Crippen molar-refractivity contribution in [1.82, 2.24) is 10.6 Å². The van der Waals surface area contributed by atoms with Crippen LogP contribution in [0.5, 0.6) is 0 Å². The second-order valence-electron chi connectivity index (χ2n) is 14.2. The highest BCUT2D eigenvalue weighted by atomic mass is 16.7. The molecular formula is C37H47BN3O4+. The van der Waals surface area contributed by atoms with E-state index in [1.807, 2.05) is 78.9 Å². The summed E-state index contributed by atoms with van der Waals surface area (Å²) in [4.78, 5) is 27.4. The van der Waals surface area contributed by atoms with Gasteiger partial charge in [-0.25, -0.2) is 0 Å². The van der Waals surface area contributed by atoms with Crippen molar-refractivity contribution < 1.29 is 24.6 Å². The van der Waals surface area contributed by atoms with E-state index >= 15 is 0 Å². The number of carbonyl (C=O) groups is 2. The fourth-order valence-corrected chi connectivity index (χ4v) is 8.02. The molecule has 0 aromatic heterocycles. The van der Waals surface area contributed by atoms with Gasteiger partial charge in [0.15, 0.2) is 6.04 Å². The molecule has 1 heterocycles. The molecule has 7 atom stereocenters. The van der Waals surface area contributed by atoms with E-state index in [2.05, 4.69) is 49.3 Å². The van der Waals surface area contributed by atoms with E-state index in [1.54, 1.807) is 0 Å². The fraction of sp³-hybridized carbons (Fsp3) is 0.459. The maximum absolute atomic E-state index is 14.1. The standard InChI is InChI=1S/C37H46BN3O4/c1-36(2)28-22-32(36)37(3)33(23-28)44-38(45-37)24-29(19-25-13-7-4-8-14-25)40-35(43)31(21-27-17-11-6-12-18-27)41-34(42)30(39)20-26-15-9-5-10-16-26/h4-18,28-33H,19-24,39H2,1-3H3,(H,40,43)(H,41,42)/p+1/t28?,29-,30+,31+,32?,33?,37-/m1/s1. The van der Waals surface area contributed by atoms with Crippen LogP contribution in [0.25, 0.3) is 0 Å².